The molecule has 1 aromatic carbocycles. The Morgan fingerprint density at radius 1 is 1.19 bits per heavy atom. The van der Waals surface area contributed by atoms with Crippen molar-refractivity contribution in [1.29, 1.82) is 0 Å². The lowest BCUT2D eigenvalue weighted by molar-refractivity contribution is -0.987. The van der Waals surface area contributed by atoms with Gasteiger partial charge in [0.05, 0.1) is 22.7 Å². The molecule has 7 heteroatoms. The lowest BCUT2D eigenvalue weighted by Crippen LogP contribution is -2.67. The topological polar surface area (TPSA) is 49.4 Å². The molecule has 0 spiro atoms. The highest BCUT2D eigenvalue weighted by molar-refractivity contribution is 8.00. The number of nitrogens with one attached hydrogen (secondary N) is 1. The van der Waals surface area contributed by atoms with Crippen LogP contribution in [-0.4, -0.2) is 67.1 Å². The van der Waals surface area contributed by atoms with Crippen LogP contribution in [0.2, 0.25) is 0 Å². The largest absolute Gasteiger partial charge is 0.281 e. The number of hydrogen-bond acceptors (Lipinski definition) is 5. The number of rotatable bonds is 4. The average Bonchev–Trinajstić information content (AvgIpc) is 3.27. The molecule has 5 fully saturated rings. The second-order valence-electron chi connectivity index (χ2n) is 8.56. The molecule has 26 heavy (non-hydrogen) atoms. The van der Waals surface area contributed by atoms with E-state index in [1.165, 1.54) is 61.2 Å². The fourth-order valence-corrected chi connectivity index (χ4v) is 7.53. The van der Waals surface area contributed by atoms with Crippen molar-refractivity contribution < 1.29 is 12.9 Å². The Morgan fingerprint density at radius 2 is 1.96 bits per heavy atom. The van der Waals surface area contributed by atoms with Crippen LogP contribution in [0.25, 0.3) is 0 Å². The van der Waals surface area contributed by atoms with E-state index in [0.29, 0.717) is 23.1 Å². The molecule has 4 unspecified atom stereocenters. The Bertz CT molecular complexity index is 784. The standard InChI is InChI=1S/C19H28N3O2S2/c1-26(23,24)16-6-4-14(5-7-16)17-8-9-18-19(20-17)22(12-21(18)13-22)11-15-3-2-10-25-15/h4-7,15,17-20H,2-3,8-13H2,1H3/q+1. The fourth-order valence-electron chi connectivity index (χ4n) is 5.50. The number of nitrogens with zero attached hydrogens (tertiary/aromatic N) is 2. The molecule has 0 radical (unpaired) electrons. The van der Waals surface area contributed by atoms with Crippen LogP contribution in [0.5, 0.6) is 0 Å². The second kappa shape index (κ2) is 6.21. The molecule has 0 amide bonds. The third-order valence-corrected chi connectivity index (χ3v) is 9.28. The molecule has 0 aromatic heterocycles. The van der Waals surface area contributed by atoms with Gasteiger partial charge in [0, 0.05) is 12.3 Å². The number of thioether (sulfide) groups is 1. The molecule has 2 bridgehead atoms. The Hall–Kier alpha value is -0.600. The zero-order chi connectivity index (χ0) is 17.9. The van der Waals surface area contributed by atoms with Gasteiger partial charge in [-0.05, 0) is 49.1 Å². The molecular formula is C19H28N3O2S2+. The van der Waals surface area contributed by atoms with Gasteiger partial charge in [0.2, 0.25) is 0 Å². The van der Waals surface area contributed by atoms with Crippen LogP contribution < -0.4 is 5.32 Å². The molecule has 5 aliphatic heterocycles. The summed E-state index contributed by atoms with van der Waals surface area (Å²) in [6.07, 6.45) is 6.97. The summed E-state index contributed by atoms with van der Waals surface area (Å²) in [6.45, 7) is 3.76. The first-order valence-corrected chi connectivity index (χ1v) is 12.7. The van der Waals surface area contributed by atoms with Crippen molar-refractivity contribution in [3.63, 3.8) is 0 Å². The molecule has 1 aromatic rings. The van der Waals surface area contributed by atoms with E-state index in [-0.39, 0.29) is 0 Å². The minimum atomic E-state index is -3.12. The number of hydrogen-bond donors (Lipinski definition) is 1. The molecule has 5 saturated heterocycles. The van der Waals surface area contributed by atoms with Gasteiger partial charge in [-0.1, -0.05) is 12.1 Å². The predicted molar refractivity (Wildman–Crippen MR) is 104 cm³/mol. The van der Waals surface area contributed by atoms with E-state index >= 15 is 0 Å². The Labute approximate surface area is 160 Å². The maximum absolute atomic E-state index is 11.7. The van der Waals surface area contributed by atoms with Crippen molar-refractivity contribution in [2.45, 2.75) is 54.1 Å². The predicted octanol–water partition coefficient (Wildman–Crippen LogP) is 2.17. The molecule has 5 nitrogen and oxygen atoms in total. The second-order valence-corrected chi connectivity index (χ2v) is 12.0. The average molecular weight is 395 g/mol. The third-order valence-electron chi connectivity index (χ3n) is 6.78. The van der Waals surface area contributed by atoms with Crippen LogP contribution in [0.3, 0.4) is 0 Å². The van der Waals surface area contributed by atoms with Gasteiger partial charge in [-0.15, -0.1) is 0 Å². The van der Waals surface area contributed by atoms with E-state index < -0.39 is 9.84 Å². The van der Waals surface area contributed by atoms with E-state index in [9.17, 15) is 8.42 Å². The smallest absolute Gasteiger partial charge is 0.175 e. The van der Waals surface area contributed by atoms with Crippen LogP contribution in [0.15, 0.2) is 29.2 Å². The molecule has 5 aliphatic rings. The lowest BCUT2D eigenvalue weighted by atomic mass is 9.93. The number of sulfone groups is 1. The van der Waals surface area contributed by atoms with Gasteiger partial charge in [0.15, 0.2) is 16.0 Å². The van der Waals surface area contributed by atoms with Crippen molar-refractivity contribution >= 4 is 21.6 Å². The Morgan fingerprint density at radius 3 is 2.62 bits per heavy atom. The van der Waals surface area contributed by atoms with Crippen molar-refractivity contribution in [3.05, 3.63) is 29.8 Å². The summed E-state index contributed by atoms with van der Waals surface area (Å²) >= 11 is 2.17. The molecule has 142 valence electrons. The quantitative estimate of drug-likeness (QED) is 0.793. The molecule has 1 N–H and O–H groups in total. The SMILES string of the molecule is CS(=O)(=O)c1ccc(C2CCC3C(N2)[N+]2(CC4CCCS4)CN3C2)cc1. The van der Waals surface area contributed by atoms with Crippen LogP contribution in [-0.2, 0) is 9.84 Å². The normalized spacial score (nSPS) is 41.7. The highest BCUT2D eigenvalue weighted by Gasteiger charge is 2.64. The van der Waals surface area contributed by atoms with Gasteiger partial charge in [-0.25, -0.2) is 8.42 Å². The van der Waals surface area contributed by atoms with Crippen LogP contribution in [0.4, 0.5) is 0 Å². The number of piperidine rings is 1. The fraction of sp³-hybridized carbons (Fsp3) is 0.684. The molecular weight excluding hydrogens is 366 g/mol. The number of quaternary nitrogens is 1. The summed E-state index contributed by atoms with van der Waals surface area (Å²) in [4.78, 5) is 3.08. The van der Waals surface area contributed by atoms with Crippen LogP contribution >= 0.6 is 11.8 Å². The summed E-state index contributed by atoms with van der Waals surface area (Å²) in [5.74, 6) is 1.34. The lowest BCUT2D eigenvalue weighted by Gasteiger charge is -2.47. The van der Waals surface area contributed by atoms with E-state index in [4.69, 9.17) is 0 Å². The summed E-state index contributed by atoms with van der Waals surface area (Å²) in [5, 5.41) is 4.81. The highest BCUT2D eigenvalue weighted by atomic mass is 32.2. The minimum Gasteiger partial charge on any atom is -0.281 e. The summed E-state index contributed by atoms with van der Waals surface area (Å²) in [7, 11) is -3.12. The summed E-state index contributed by atoms with van der Waals surface area (Å²) in [5.41, 5.74) is 1.23. The van der Waals surface area contributed by atoms with E-state index in [0.717, 1.165) is 11.7 Å². The van der Waals surface area contributed by atoms with Gasteiger partial charge in [0.1, 0.15) is 13.3 Å². The van der Waals surface area contributed by atoms with E-state index in [1.54, 1.807) is 12.1 Å². The molecule has 0 aliphatic carbocycles. The van der Waals surface area contributed by atoms with Crippen molar-refractivity contribution in [2.75, 3.05) is 31.9 Å². The maximum atomic E-state index is 11.7. The van der Waals surface area contributed by atoms with Crippen LogP contribution in [0.1, 0.15) is 37.3 Å². The summed E-state index contributed by atoms with van der Waals surface area (Å²) in [6, 6.07) is 8.55. The monoisotopic (exact) mass is 394 g/mol. The van der Waals surface area contributed by atoms with Gasteiger partial charge < -0.3 is 0 Å². The summed E-state index contributed by atoms with van der Waals surface area (Å²) < 4.78 is 24.6. The zero-order valence-corrected chi connectivity index (χ0v) is 16.9. The number of benzene rings is 1. The first-order valence-electron chi connectivity index (χ1n) is 9.72. The van der Waals surface area contributed by atoms with Gasteiger partial charge in [-0.2, -0.15) is 16.7 Å². The Balaban J connectivity index is 1.33. The van der Waals surface area contributed by atoms with Crippen molar-refractivity contribution in [3.8, 4) is 0 Å². The van der Waals surface area contributed by atoms with E-state index in [2.05, 4.69) is 22.0 Å². The first kappa shape index (κ1) is 17.5. The Kier molecular flexibility index (Phi) is 4.18. The van der Waals surface area contributed by atoms with Gasteiger partial charge in [-0.3, -0.25) is 9.80 Å². The highest BCUT2D eigenvalue weighted by Crippen LogP contribution is 2.46. The van der Waals surface area contributed by atoms with Crippen molar-refractivity contribution in [2.24, 2.45) is 0 Å². The maximum Gasteiger partial charge on any atom is 0.175 e. The molecule has 4 atom stereocenters. The minimum absolute atomic E-state index is 0.344. The van der Waals surface area contributed by atoms with Gasteiger partial charge >= 0.3 is 0 Å². The van der Waals surface area contributed by atoms with E-state index in [1.807, 2.05) is 12.1 Å². The third kappa shape index (κ3) is 2.83. The molecule has 0 saturated carbocycles. The molecule has 5 heterocycles. The van der Waals surface area contributed by atoms with Crippen molar-refractivity contribution in [1.82, 2.24) is 10.2 Å². The zero-order valence-electron chi connectivity index (χ0n) is 15.3. The first-order chi connectivity index (χ1) is 12.4. The van der Waals surface area contributed by atoms with Gasteiger partial charge in [0.25, 0.3) is 0 Å². The molecule has 6 rings (SSSR count). The van der Waals surface area contributed by atoms with Crippen LogP contribution in [0, 0.1) is 0 Å².